The van der Waals surface area contributed by atoms with Gasteiger partial charge in [-0.05, 0) is 6.92 Å². The highest BCUT2D eigenvalue weighted by molar-refractivity contribution is 7.13. The fourth-order valence-electron chi connectivity index (χ4n) is 1.11. The van der Waals surface area contributed by atoms with E-state index >= 15 is 0 Å². The first-order valence-corrected chi connectivity index (χ1v) is 5.30. The molecular formula is C10H9N3OS. The second-order valence-corrected chi connectivity index (χ2v) is 4.00. The predicted octanol–water partition coefficient (Wildman–Crippen LogP) is 2.11. The second-order valence-electron chi connectivity index (χ2n) is 3.15. The summed E-state index contributed by atoms with van der Waals surface area (Å²) in [6, 6.07) is 0. The average molecular weight is 219 g/mol. The highest BCUT2D eigenvalue weighted by Crippen LogP contribution is 2.21. The Kier molecular flexibility index (Phi) is 2.55. The van der Waals surface area contributed by atoms with E-state index in [0.717, 1.165) is 16.3 Å². The number of Topliss-reactive ketones (excluding diaryl/α,β-unsaturated/α-hetero) is 1. The molecule has 0 fully saturated rings. The van der Waals surface area contributed by atoms with Crippen LogP contribution in [-0.4, -0.2) is 20.7 Å². The van der Waals surface area contributed by atoms with Crippen molar-refractivity contribution in [2.75, 3.05) is 0 Å². The van der Waals surface area contributed by atoms with Gasteiger partial charge in [0.15, 0.2) is 11.6 Å². The molecule has 0 aromatic carbocycles. The number of nitrogens with zero attached hydrogens (tertiary/aromatic N) is 3. The van der Waals surface area contributed by atoms with Gasteiger partial charge in [0.25, 0.3) is 0 Å². The van der Waals surface area contributed by atoms with E-state index in [9.17, 15) is 4.79 Å². The van der Waals surface area contributed by atoms with E-state index in [1.165, 1.54) is 6.92 Å². The van der Waals surface area contributed by atoms with E-state index in [1.54, 1.807) is 23.7 Å². The van der Waals surface area contributed by atoms with Gasteiger partial charge < -0.3 is 0 Å². The van der Waals surface area contributed by atoms with Crippen LogP contribution >= 0.6 is 11.3 Å². The zero-order chi connectivity index (χ0) is 10.8. The molecule has 0 atom stereocenters. The minimum Gasteiger partial charge on any atom is -0.291 e. The summed E-state index contributed by atoms with van der Waals surface area (Å²) in [7, 11) is 0. The molecule has 76 valence electrons. The molecule has 0 unspecified atom stereocenters. The molecule has 0 aliphatic heterocycles. The van der Waals surface area contributed by atoms with E-state index in [0.29, 0.717) is 0 Å². The Balaban J connectivity index is 2.35. The standard InChI is InChI=1S/C10H9N3OS/c1-6-5-15-10(13-6)8-3-11-9(7(2)14)12-4-8/h3-5H,1-2H3. The summed E-state index contributed by atoms with van der Waals surface area (Å²) < 4.78 is 0. The molecule has 0 N–H and O–H groups in total. The van der Waals surface area contributed by atoms with Crippen LogP contribution in [0.3, 0.4) is 0 Å². The van der Waals surface area contributed by atoms with Crippen LogP contribution in [-0.2, 0) is 0 Å². The number of rotatable bonds is 2. The Bertz CT molecular complexity index is 490. The van der Waals surface area contributed by atoms with Gasteiger partial charge in [-0.25, -0.2) is 15.0 Å². The maximum Gasteiger partial charge on any atom is 0.196 e. The second kappa shape index (κ2) is 3.86. The molecule has 2 aromatic heterocycles. The first kappa shape index (κ1) is 9.92. The van der Waals surface area contributed by atoms with Gasteiger partial charge in [0.05, 0.1) is 0 Å². The molecule has 0 radical (unpaired) electrons. The number of carbonyl (C=O) groups excluding carboxylic acids is 1. The molecular weight excluding hydrogens is 210 g/mol. The molecule has 5 heteroatoms. The average Bonchev–Trinajstić information content (AvgIpc) is 2.65. The minimum atomic E-state index is -0.128. The molecule has 0 bridgehead atoms. The summed E-state index contributed by atoms with van der Waals surface area (Å²) in [5.41, 5.74) is 1.82. The zero-order valence-electron chi connectivity index (χ0n) is 8.39. The fourth-order valence-corrected chi connectivity index (χ4v) is 1.88. The van der Waals surface area contributed by atoms with Crippen molar-refractivity contribution in [2.45, 2.75) is 13.8 Å². The largest absolute Gasteiger partial charge is 0.291 e. The maximum atomic E-state index is 11.0. The first-order valence-electron chi connectivity index (χ1n) is 4.42. The van der Waals surface area contributed by atoms with Gasteiger partial charge in [-0.2, -0.15) is 0 Å². The van der Waals surface area contributed by atoms with Crippen molar-refractivity contribution in [3.63, 3.8) is 0 Å². The number of carbonyl (C=O) groups is 1. The van der Waals surface area contributed by atoms with E-state index in [2.05, 4.69) is 15.0 Å². The SMILES string of the molecule is CC(=O)c1ncc(-c2nc(C)cs2)cn1. The van der Waals surface area contributed by atoms with E-state index in [1.807, 2.05) is 12.3 Å². The van der Waals surface area contributed by atoms with Crippen LogP contribution in [0.2, 0.25) is 0 Å². The summed E-state index contributed by atoms with van der Waals surface area (Å²) >= 11 is 1.54. The van der Waals surface area contributed by atoms with Gasteiger partial charge in [-0.1, -0.05) is 0 Å². The number of thiazole rings is 1. The van der Waals surface area contributed by atoms with Crippen molar-refractivity contribution in [1.82, 2.24) is 15.0 Å². The van der Waals surface area contributed by atoms with Crippen LogP contribution in [0, 0.1) is 6.92 Å². The summed E-state index contributed by atoms with van der Waals surface area (Å²) in [4.78, 5) is 23.2. The van der Waals surface area contributed by atoms with Gasteiger partial charge in [0.2, 0.25) is 0 Å². The normalized spacial score (nSPS) is 10.3. The Labute approximate surface area is 91.0 Å². The third kappa shape index (κ3) is 2.07. The summed E-state index contributed by atoms with van der Waals surface area (Å²) in [5, 5.41) is 2.84. The Morgan fingerprint density at radius 1 is 1.33 bits per heavy atom. The molecule has 0 aliphatic carbocycles. The molecule has 2 heterocycles. The smallest absolute Gasteiger partial charge is 0.196 e. The minimum absolute atomic E-state index is 0.128. The van der Waals surface area contributed by atoms with Gasteiger partial charge >= 0.3 is 0 Å². The Morgan fingerprint density at radius 2 is 2.00 bits per heavy atom. The van der Waals surface area contributed by atoms with E-state index in [-0.39, 0.29) is 11.6 Å². The molecule has 2 aromatic rings. The molecule has 4 nitrogen and oxygen atoms in total. The van der Waals surface area contributed by atoms with Crippen LogP contribution in [0.25, 0.3) is 10.6 Å². The topological polar surface area (TPSA) is 55.7 Å². The lowest BCUT2D eigenvalue weighted by atomic mass is 10.3. The third-order valence-corrected chi connectivity index (χ3v) is 2.84. The van der Waals surface area contributed by atoms with Crippen molar-refractivity contribution in [2.24, 2.45) is 0 Å². The number of hydrogen-bond acceptors (Lipinski definition) is 5. The van der Waals surface area contributed by atoms with Crippen molar-refractivity contribution >= 4 is 17.1 Å². The maximum absolute atomic E-state index is 11.0. The highest BCUT2D eigenvalue weighted by atomic mass is 32.1. The summed E-state index contributed by atoms with van der Waals surface area (Å²) in [6.07, 6.45) is 3.25. The number of hydrogen-bond donors (Lipinski definition) is 0. The molecule has 0 aliphatic rings. The molecule has 0 saturated heterocycles. The lowest BCUT2D eigenvalue weighted by Gasteiger charge is -1.96. The van der Waals surface area contributed by atoms with Crippen LogP contribution in [0.1, 0.15) is 23.2 Å². The number of aryl methyl sites for hydroxylation is 1. The summed E-state index contributed by atoms with van der Waals surface area (Å²) in [6.45, 7) is 3.38. The highest BCUT2D eigenvalue weighted by Gasteiger charge is 2.06. The molecule has 0 spiro atoms. The summed E-state index contributed by atoms with van der Waals surface area (Å²) in [5.74, 6) is 0.115. The zero-order valence-corrected chi connectivity index (χ0v) is 9.21. The monoisotopic (exact) mass is 219 g/mol. The van der Waals surface area contributed by atoms with Gasteiger partial charge in [-0.3, -0.25) is 4.79 Å². The Morgan fingerprint density at radius 3 is 2.47 bits per heavy atom. The lowest BCUT2D eigenvalue weighted by Crippen LogP contribution is -1.99. The van der Waals surface area contributed by atoms with Crippen molar-refractivity contribution < 1.29 is 4.79 Å². The van der Waals surface area contributed by atoms with Gasteiger partial charge in [0.1, 0.15) is 5.01 Å². The molecule has 0 saturated carbocycles. The van der Waals surface area contributed by atoms with E-state index in [4.69, 9.17) is 0 Å². The number of ketones is 1. The number of aromatic nitrogens is 3. The fraction of sp³-hybridized carbons (Fsp3) is 0.200. The lowest BCUT2D eigenvalue weighted by molar-refractivity contribution is 0.100. The van der Waals surface area contributed by atoms with Crippen LogP contribution in [0.15, 0.2) is 17.8 Å². The first-order chi connectivity index (χ1) is 7.16. The van der Waals surface area contributed by atoms with E-state index < -0.39 is 0 Å². The quantitative estimate of drug-likeness (QED) is 0.726. The van der Waals surface area contributed by atoms with Crippen LogP contribution in [0.4, 0.5) is 0 Å². The third-order valence-electron chi connectivity index (χ3n) is 1.83. The van der Waals surface area contributed by atoms with Gasteiger partial charge in [0, 0.05) is 36.0 Å². The van der Waals surface area contributed by atoms with Crippen molar-refractivity contribution in [3.05, 3.63) is 29.3 Å². The molecule has 15 heavy (non-hydrogen) atoms. The molecule has 2 rings (SSSR count). The van der Waals surface area contributed by atoms with Crippen molar-refractivity contribution in [3.8, 4) is 10.6 Å². The Hall–Kier alpha value is -1.62. The van der Waals surface area contributed by atoms with Crippen LogP contribution < -0.4 is 0 Å². The van der Waals surface area contributed by atoms with Gasteiger partial charge in [-0.15, -0.1) is 11.3 Å². The molecule has 0 amide bonds. The predicted molar refractivity (Wildman–Crippen MR) is 57.9 cm³/mol. The van der Waals surface area contributed by atoms with Crippen LogP contribution in [0.5, 0.6) is 0 Å². The van der Waals surface area contributed by atoms with Crippen molar-refractivity contribution in [1.29, 1.82) is 0 Å².